The summed E-state index contributed by atoms with van der Waals surface area (Å²) in [7, 11) is 0. The third kappa shape index (κ3) is 2.93. The predicted octanol–water partition coefficient (Wildman–Crippen LogP) is 3.08. The summed E-state index contributed by atoms with van der Waals surface area (Å²) in [5, 5.41) is 9.15. The van der Waals surface area contributed by atoms with Crippen LogP contribution in [-0.4, -0.2) is 16.9 Å². The SMILES string of the molecule is O=C(O)c1ccccc1N=C1CC(c2ccccc2)ON1. The molecule has 0 radical (unpaired) electrons. The molecule has 1 aliphatic heterocycles. The van der Waals surface area contributed by atoms with Crippen LogP contribution in [0.25, 0.3) is 0 Å². The number of amidine groups is 1. The first-order chi connectivity index (χ1) is 10.2. The molecule has 0 amide bonds. The summed E-state index contributed by atoms with van der Waals surface area (Å²) >= 11 is 0. The van der Waals surface area contributed by atoms with Crippen molar-refractivity contribution < 1.29 is 14.7 Å². The number of hydrogen-bond donors (Lipinski definition) is 2. The fourth-order valence-corrected chi connectivity index (χ4v) is 2.22. The van der Waals surface area contributed by atoms with Crippen LogP contribution < -0.4 is 5.48 Å². The summed E-state index contributed by atoms with van der Waals surface area (Å²) < 4.78 is 0. The van der Waals surface area contributed by atoms with Crippen molar-refractivity contribution >= 4 is 17.5 Å². The lowest BCUT2D eigenvalue weighted by Gasteiger charge is -2.05. The average molecular weight is 282 g/mol. The third-order valence-corrected chi connectivity index (χ3v) is 3.26. The lowest BCUT2D eigenvalue weighted by atomic mass is 10.1. The molecule has 21 heavy (non-hydrogen) atoms. The molecule has 0 spiro atoms. The van der Waals surface area contributed by atoms with E-state index in [1.165, 1.54) is 6.07 Å². The molecule has 1 heterocycles. The minimum absolute atomic E-state index is 0.109. The van der Waals surface area contributed by atoms with E-state index in [2.05, 4.69) is 10.5 Å². The van der Waals surface area contributed by atoms with Crippen molar-refractivity contribution in [3.8, 4) is 0 Å². The molecule has 2 aromatic rings. The topological polar surface area (TPSA) is 70.9 Å². The van der Waals surface area contributed by atoms with Crippen LogP contribution in [-0.2, 0) is 4.84 Å². The minimum Gasteiger partial charge on any atom is -0.478 e. The number of nitrogens with one attached hydrogen (secondary N) is 1. The second kappa shape index (κ2) is 5.76. The van der Waals surface area contributed by atoms with Crippen molar-refractivity contribution in [1.82, 2.24) is 5.48 Å². The predicted molar refractivity (Wildman–Crippen MR) is 78.5 cm³/mol. The number of nitrogens with zero attached hydrogens (tertiary/aromatic N) is 1. The molecule has 5 nitrogen and oxygen atoms in total. The second-order valence-corrected chi connectivity index (χ2v) is 4.70. The molecule has 5 heteroatoms. The van der Waals surface area contributed by atoms with Gasteiger partial charge in [0.1, 0.15) is 11.9 Å². The largest absolute Gasteiger partial charge is 0.478 e. The number of hydroxylamine groups is 1. The van der Waals surface area contributed by atoms with Crippen LogP contribution in [0.4, 0.5) is 5.69 Å². The van der Waals surface area contributed by atoms with E-state index < -0.39 is 5.97 Å². The highest BCUT2D eigenvalue weighted by Gasteiger charge is 2.23. The molecule has 2 N–H and O–H groups in total. The summed E-state index contributed by atoms with van der Waals surface area (Å²) in [4.78, 5) is 21.0. The number of aromatic carboxylic acids is 1. The number of carboxylic acid groups (broad SMARTS) is 1. The molecule has 1 saturated heterocycles. The summed E-state index contributed by atoms with van der Waals surface area (Å²) in [6.45, 7) is 0. The van der Waals surface area contributed by atoms with Gasteiger partial charge in [-0.15, -0.1) is 0 Å². The standard InChI is InChI=1S/C16H14N2O3/c19-16(20)12-8-4-5-9-13(12)17-15-10-14(21-18-15)11-6-2-1-3-7-11/h1-9,14H,10H2,(H,17,18)(H,19,20). The van der Waals surface area contributed by atoms with E-state index in [0.29, 0.717) is 17.9 Å². The molecule has 0 bridgehead atoms. The highest BCUT2D eigenvalue weighted by molar-refractivity contribution is 5.95. The Morgan fingerprint density at radius 2 is 1.86 bits per heavy atom. The van der Waals surface area contributed by atoms with Crippen molar-refractivity contribution in [2.75, 3.05) is 0 Å². The Kier molecular flexibility index (Phi) is 3.66. The van der Waals surface area contributed by atoms with Gasteiger partial charge in [0.25, 0.3) is 0 Å². The summed E-state index contributed by atoms with van der Waals surface area (Å²) in [5.74, 6) is -0.369. The van der Waals surface area contributed by atoms with Gasteiger partial charge < -0.3 is 5.11 Å². The highest BCUT2D eigenvalue weighted by atomic mass is 16.7. The van der Waals surface area contributed by atoms with Gasteiger partial charge in [0.15, 0.2) is 0 Å². The Morgan fingerprint density at radius 1 is 1.14 bits per heavy atom. The monoisotopic (exact) mass is 282 g/mol. The van der Waals surface area contributed by atoms with Crippen molar-refractivity contribution in [3.63, 3.8) is 0 Å². The first kappa shape index (κ1) is 13.3. The number of para-hydroxylation sites is 1. The summed E-state index contributed by atoms with van der Waals surface area (Å²) in [6, 6.07) is 16.5. The minimum atomic E-state index is -0.992. The summed E-state index contributed by atoms with van der Waals surface area (Å²) in [5.41, 5.74) is 4.43. The van der Waals surface area contributed by atoms with Gasteiger partial charge in [-0.2, -0.15) is 0 Å². The molecular weight excluding hydrogens is 268 g/mol. The first-order valence-electron chi connectivity index (χ1n) is 6.60. The zero-order valence-corrected chi connectivity index (χ0v) is 11.2. The van der Waals surface area contributed by atoms with E-state index in [4.69, 9.17) is 9.94 Å². The zero-order chi connectivity index (χ0) is 14.7. The van der Waals surface area contributed by atoms with E-state index >= 15 is 0 Å². The molecule has 106 valence electrons. The fourth-order valence-electron chi connectivity index (χ4n) is 2.22. The number of hydrogen-bond acceptors (Lipinski definition) is 3. The molecular formula is C16H14N2O3. The Balaban J connectivity index is 1.82. The van der Waals surface area contributed by atoms with Gasteiger partial charge >= 0.3 is 5.97 Å². The Labute approximate surface area is 121 Å². The number of carboxylic acids is 1. The van der Waals surface area contributed by atoms with Gasteiger partial charge in [0.05, 0.1) is 11.3 Å². The fraction of sp³-hybridized carbons (Fsp3) is 0.125. The molecule has 1 aliphatic rings. The van der Waals surface area contributed by atoms with Crippen LogP contribution in [0.5, 0.6) is 0 Å². The lowest BCUT2D eigenvalue weighted by molar-refractivity contribution is 0.0448. The van der Waals surface area contributed by atoms with Crippen molar-refractivity contribution in [2.45, 2.75) is 12.5 Å². The van der Waals surface area contributed by atoms with Gasteiger partial charge in [-0.05, 0) is 17.7 Å². The molecule has 1 fully saturated rings. The van der Waals surface area contributed by atoms with E-state index in [1.807, 2.05) is 30.3 Å². The van der Waals surface area contributed by atoms with Crippen molar-refractivity contribution in [1.29, 1.82) is 0 Å². The first-order valence-corrected chi connectivity index (χ1v) is 6.60. The van der Waals surface area contributed by atoms with E-state index in [-0.39, 0.29) is 11.7 Å². The van der Waals surface area contributed by atoms with Crippen LogP contribution in [0.1, 0.15) is 28.4 Å². The number of benzene rings is 2. The third-order valence-electron chi connectivity index (χ3n) is 3.26. The van der Waals surface area contributed by atoms with Crippen LogP contribution in [0, 0.1) is 0 Å². The maximum absolute atomic E-state index is 11.2. The molecule has 0 aliphatic carbocycles. The van der Waals surface area contributed by atoms with Gasteiger partial charge in [-0.1, -0.05) is 42.5 Å². The smallest absolute Gasteiger partial charge is 0.337 e. The Bertz CT molecular complexity index is 683. The molecule has 0 saturated carbocycles. The van der Waals surface area contributed by atoms with Crippen LogP contribution in [0.15, 0.2) is 59.6 Å². The van der Waals surface area contributed by atoms with Gasteiger partial charge in [0.2, 0.25) is 0 Å². The maximum Gasteiger partial charge on any atom is 0.337 e. The van der Waals surface area contributed by atoms with Crippen molar-refractivity contribution in [3.05, 3.63) is 65.7 Å². The normalized spacial score (nSPS) is 19.4. The number of carbonyl (C=O) groups is 1. The van der Waals surface area contributed by atoms with E-state index in [9.17, 15) is 4.79 Å². The van der Waals surface area contributed by atoms with E-state index in [0.717, 1.165) is 5.56 Å². The average Bonchev–Trinajstić information content (AvgIpc) is 2.97. The van der Waals surface area contributed by atoms with Gasteiger partial charge in [-0.25, -0.2) is 9.79 Å². The quantitative estimate of drug-likeness (QED) is 0.907. The summed E-state index contributed by atoms with van der Waals surface area (Å²) in [6.07, 6.45) is 0.472. The molecule has 3 rings (SSSR count). The van der Waals surface area contributed by atoms with Gasteiger partial charge in [0, 0.05) is 6.42 Å². The lowest BCUT2D eigenvalue weighted by Crippen LogP contribution is -2.12. The van der Waals surface area contributed by atoms with Gasteiger partial charge in [-0.3, -0.25) is 10.3 Å². The van der Waals surface area contributed by atoms with Crippen LogP contribution in [0.3, 0.4) is 0 Å². The maximum atomic E-state index is 11.2. The van der Waals surface area contributed by atoms with Crippen LogP contribution >= 0.6 is 0 Å². The molecule has 0 aromatic heterocycles. The number of rotatable bonds is 3. The second-order valence-electron chi connectivity index (χ2n) is 4.70. The number of aliphatic imine (C=N–C) groups is 1. The van der Waals surface area contributed by atoms with Crippen molar-refractivity contribution in [2.24, 2.45) is 4.99 Å². The van der Waals surface area contributed by atoms with E-state index in [1.54, 1.807) is 18.2 Å². The Morgan fingerprint density at radius 3 is 2.62 bits per heavy atom. The highest BCUT2D eigenvalue weighted by Crippen LogP contribution is 2.27. The molecule has 2 aromatic carbocycles. The Hall–Kier alpha value is -2.66. The van der Waals surface area contributed by atoms with Crippen LogP contribution in [0.2, 0.25) is 0 Å². The molecule has 1 unspecified atom stereocenters. The molecule has 1 atom stereocenters. The zero-order valence-electron chi connectivity index (χ0n) is 11.2.